The Hall–Kier alpha value is -1.58. The van der Waals surface area contributed by atoms with Crippen LogP contribution in [0.5, 0.6) is 5.75 Å². The zero-order valence-corrected chi connectivity index (χ0v) is 11.4. The van der Waals surface area contributed by atoms with Crippen LogP contribution >= 0.6 is 0 Å². The van der Waals surface area contributed by atoms with Gasteiger partial charge in [0, 0.05) is 36.1 Å². The second-order valence-corrected chi connectivity index (χ2v) is 5.38. The fourth-order valence-electron chi connectivity index (χ4n) is 2.71. The largest absolute Gasteiger partial charge is 0.507 e. The topological polar surface area (TPSA) is 35.5 Å². The molecule has 0 bridgehead atoms. The maximum atomic E-state index is 10.5. The number of benzene rings is 2. The van der Waals surface area contributed by atoms with E-state index in [2.05, 4.69) is 30.3 Å². The van der Waals surface area contributed by atoms with Crippen LogP contribution in [0.1, 0.15) is 18.5 Å². The van der Waals surface area contributed by atoms with Gasteiger partial charge in [0.25, 0.3) is 0 Å². The third-order valence-corrected chi connectivity index (χ3v) is 4.33. The van der Waals surface area contributed by atoms with Gasteiger partial charge in [0.2, 0.25) is 0 Å². The minimum Gasteiger partial charge on any atom is -0.507 e. The first-order chi connectivity index (χ1) is 9.18. The minimum atomic E-state index is 0.219. The molecule has 1 atom stereocenters. The van der Waals surface area contributed by atoms with Crippen molar-refractivity contribution < 1.29 is 5.11 Å². The summed E-state index contributed by atoms with van der Waals surface area (Å²) < 4.78 is 0. The van der Waals surface area contributed by atoms with E-state index in [0.29, 0.717) is 11.8 Å². The molecule has 0 aliphatic carbocycles. The molecule has 3 rings (SSSR count). The Labute approximate surface area is 113 Å². The van der Waals surface area contributed by atoms with Crippen molar-refractivity contribution in [2.24, 2.45) is 0 Å². The lowest BCUT2D eigenvalue weighted by Gasteiger charge is -2.39. The number of hydrogen-bond acceptors (Lipinski definition) is 3. The van der Waals surface area contributed by atoms with Gasteiger partial charge in [-0.1, -0.05) is 36.4 Å². The minimum absolute atomic E-state index is 0.219. The molecule has 1 unspecified atom stereocenters. The quantitative estimate of drug-likeness (QED) is 0.885. The molecule has 2 aromatic carbocycles. The summed E-state index contributed by atoms with van der Waals surface area (Å²) in [7, 11) is 2.13. The molecular formula is C16H20N2O. The highest BCUT2D eigenvalue weighted by Crippen LogP contribution is 2.35. The molecule has 100 valence electrons. The zero-order chi connectivity index (χ0) is 13.4. The number of aromatic hydroxyl groups is 1. The van der Waals surface area contributed by atoms with Crippen molar-refractivity contribution in [2.45, 2.75) is 19.0 Å². The molecule has 0 saturated carbocycles. The van der Waals surface area contributed by atoms with Crippen molar-refractivity contribution in [2.75, 3.05) is 20.1 Å². The van der Waals surface area contributed by atoms with Crippen LogP contribution < -0.4 is 5.32 Å². The lowest BCUT2D eigenvalue weighted by atomic mass is 9.98. The van der Waals surface area contributed by atoms with Crippen LogP contribution in [0.25, 0.3) is 10.8 Å². The number of likely N-dealkylation sites (N-methyl/N-ethyl adjacent to an activating group) is 1. The fourth-order valence-corrected chi connectivity index (χ4v) is 2.71. The van der Waals surface area contributed by atoms with Gasteiger partial charge in [-0.05, 0) is 19.4 Å². The molecule has 2 N–H and O–H groups in total. The summed E-state index contributed by atoms with van der Waals surface area (Å²) in [4.78, 5) is 2.33. The van der Waals surface area contributed by atoms with E-state index in [1.165, 1.54) is 0 Å². The molecule has 2 aromatic rings. The molecule has 1 heterocycles. The maximum Gasteiger partial charge on any atom is 0.128 e. The predicted molar refractivity (Wildman–Crippen MR) is 78.4 cm³/mol. The van der Waals surface area contributed by atoms with Crippen LogP contribution in [0.2, 0.25) is 0 Å². The molecule has 1 aliphatic heterocycles. The van der Waals surface area contributed by atoms with Crippen molar-refractivity contribution in [1.82, 2.24) is 10.2 Å². The molecule has 1 fully saturated rings. The summed E-state index contributed by atoms with van der Waals surface area (Å²) in [5, 5.41) is 15.8. The second kappa shape index (κ2) is 4.83. The van der Waals surface area contributed by atoms with E-state index < -0.39 is 0 Å². The smallest absolute Gasteiger partial charge is 0.128 e. The number of nitrogens with zero attached hydrogens (tertiary/aromatic N) is 1. The van der Waals surface area contributed by atoms with Crippen LogP contribution in [-0.2, 0) is 0 Å². The number of phenols is 1. The second-order valence-electron chi connectivity index (χ2n) is 5.38. The Bertz CT molecular complexity index is 592. The monoisotopic (exact) mass is 256 g/mol. The van der Waals surface area contributed by atoms with Crippen LogP contribution in [0.3, 0.4) is 0 Å². The molecule has 0 spiro atoms. The van der Waals surface area contributed by atoms with Gasteiger partial charge in [0.1, 0.15) is 5.75 Å². The molecule has 0 radical (unpaired) electrons. The first kappa shape index (κ1) is 12.5. The first-order valence-corrected chi connectivity index (χ1v) is 6.81. The lowest BCUT2D eigenvalue weighted by molar-refractivity contribution is 0.135. The number of nitrogens with one attached hydrogen (secondary N) is 1. The molecular weight excluding hydrogens is 236 g/mol. The lowest BCUT2D eigenvalue weighted by Crippen LogP contribution is -2.56. The Morgan fingerprint density at radius 3 is 2.63 bits per heavy atom. The number of hydrogen-bond donors (Lipinski definition) is 2. The van der Waals surface area contributed by atoms with Crippen LogP contribution in [-0.4, -0.2) is 36.2 Å². The van der Waals surface area contributed by atoms with Gasteiger partial charge in [-0.3, -0.25) is 4.90 Å². The van der Waals surface area contributed by atoms with Crippen molar-refractivity contribution in [3.05, 3.63) is 42.0 Å². The van der Waals surface area contributed by atoms with Gasteiger partial charge in [-0.2, -0.15) is 0 Å². The summed E-state index contributed by atoms with van der Waals surface area (Å²) in [6.45, 7) is 4.23. The normalized spacial score (nSPS) is 17.6. The Morgan fingerprint density at radius 2 is 1.95 bits per heavy atom. The maximum absolute atomic E-state index is 10.5. The fraction of sp³-hybridized carbons (Fsp3) is 0.375. The Morgan fingerprint density at radius 1 is 1.21 bits per heavy atom. The molecule has 0 aromatic heterocycles. The summed E-state index contributed by atoms with van der Waals surface area (Å²) in [5.74, 6) is 0.421. The summed E-state index contributed by atoms with van der Waals surface area (Å²) in [5.41, 5.74) is 1.01. The standard InChI is InChI=1S/C16H20N2O/c1-11(18(2)13-9-17-10-13)14-8-7-12-5-3-4-6-15(12)16(14)19/h3-8,11,13,17,19H,9-10H2,1-2H3. The Kier molecular flexibility index (Phi) is 3.17. The van der Waals surface area contributed by atoms with Gasteiger partial charge in [0.05, 0.1) is 0 Å². The molecule has 19 heavy (non-hydrogen) atoms. The van der Waals surface area contributed by atoms with E-state index >= 15 is 0 Å². The van der Waals surface area contributed by atoms with Crippen molar-refractivity contribution >= 4 is 10.8 Å². The molecule has 1 saturated heterocycles. The van der Waals surface area contributed by atoms with E-state index in [1.807, 2.05) is 30.3 Å². The molecule has 3 nitrogen and oxygen atoms in total. The summed E-state index contributed by atoms with van der Waals surface area (Å²) >= 11 is 0. The average molecular weight is 256 g/mol. The van der Waals surface area contributed by atoms with E-state index in [0.717, 1.165) is 29.4 Å². The highest BCUT2D eigenvalue weighted by Gasteiger charge is 2.27. The summed E-state index contributed by atoms with van der Waals surface area (Å²) in [6, 6.07) is 12.9. The van der Waals surface area contributed by atoms with Crippen LogP contribution in [0.4, 0.5) is 0 Å². The van der Waals surface area contributed by atoms with E-state index in [9.17, 15) is 5.11 Å². The van der Waals surface area contributed by atoms with Crippen molar-refractivity contribution in [3.8, 4) is 5.75 Å². The van der Waals surface area contributed by atoms with Gasteiger partial charge in [-0.15, -0.1) is 0 Å². The number of fused-ring (bicyclic) bond motifs is 1. The SMILES string of the molecule is CC(c1ccc2ccccc2c1O)N(C)C1CNC1. The van der Waals surface area contributed by atoms with Gasteiger partial charge >= 0.3 is 0 Å². The van der Waals surface area contributed by atoms with Gasteiger partial charge in [-0.25, -0.2) is 0 Å². The molecule has 1 aliphatic rings. The summed E-state index contributed by atoms with van der Waals surface area (Å²) in [6.07, 6.45) is 0. The first-order valence-electron chi connectivity index (χ1n) is 6.81. The van der Waals surface area contributed by atoms with Gasteiger partial charge < -0.3 is 10.4 Å². The van der Waals surface area contributed by atoms with Crippen molar-refractivity contribution in [3.63, 3.8) is 0 Å². The van der Waals surface area contributed by atoms with Crippen LogP contribution in [0.15, 0.2) is 36.4 Å². The molecule has 3 heteroatoms. The number of phenolic OH excluding ortho intramolecular Hbond substituents is 1. The van der Waals surface area contributed by atoms with Crippen LogP contribution in [0, 0.1) is 0 Å². The zero-order valence-electron chi connectivity index (χ0n) is 11.4. The third-order valence-electron chi connectivity index (χ3n) is 4.33. The number of rotatable bonds is 3. The van der Waals surface area contributed by atoms with E-state index in [4.69, 9.17) is 0 Å². The van der Waals surface area contributed by atoms with E-state index in [1.54, 1.807) is 0 Å². The highest BCUT2D eigenvalue weighted by atomic mass is 16.3. The van der Waals surface area contributed by atoms with E-state index in [-0.39, 0.29) is 6.04 Å². The molecule has 0 amide bonds. The van der Waals surface area contributed by atoms with Gasteiger partial charge in [0.15, 0.2) is 0 Å². The highest BCUT2D eigenvalue weighted by molar-refractivity contribution is 5.89. The van der Waals surface area contributed by atoms with Crippen molar-refractivity contribution in [1.29, 1.82) is 0 Å². The average Bonchev–Trinajstić information content (AvgIpc) is 2.37. The Balaban J connectivity index is 1.97. The third kappa shape index (κ3) is 2.09. The predicted octanol–water partition coefficient (Wildman–Crippen LogP) is 2.51.